The van der Waals surface area contributed by atoms with Gasteiger partial charge in [0.1, 0.15) is 0 Å². The second-order valence-corrected chi connectivity index (χ2v) is 5.37. The van der Waals surface area contributed by atoms with E-state index in [0.29, 0.717) is 5.56 Å². The summed E-state index contributed by atoms with van der Waals surface area (Å²) in [5.74, 6) is -0.0260. The van der Waals surface area contributed by atoms with E-state index in [2.05, 4.69) is 34.6 Å². The zero-order chi connectivity index (χ0) is 13.9. The van der Waals surface area contributed by atoms with E-state index in [0.717, 1.165) is 25.0 Å². The van der Waals surface area contributed by atoms with Crippen LogP contribution in [0.3, 0.4) is 0 Å². The van der Waals surface area contributed by atoms with E-state index >= 15 is 0 Å². The molecule has 1 N–H and O–H groups in total. The average molecular weight is 266 g/mol. The normalized spacial score (nSPS) is 17.4. The van der Waals surface area contributed by atoms with Crippen LogP contribution in [0, 0.1) is 6.92 Å². The van der Waals surface area contributed by atoms with Crippen LogP contribution in [0.5, 0.6) is 0 Å². The minimum atomic E-state index is -0.0260. The average Bonchev–Trinajstić information content (AvgIpc) is 2.48. The van der Waals surface area contributed by atoms with Crippen molar-refractivity contribution in [2.45, 2.75) is 32.2 Å². The first-order valence-electron chi connectivity index (χ1n) is 7.02. The van der Waals surface area contributed by atoms with Crippen LogP contribution in [0.4, 0.5) is 0 Å². The third-order valence-electron chi connectivity index (χ3n) is 3.86. The molecule has 3 nitrogen and oxygen atoms in total. The molecule has 0 saturated carbocycles. The van der Waals surface area contributed by atoms with Gasteiger partial charge in [-0.2, -0.15) is 0 Å². The highest BCUT2D eigenvalue weighted by Crippen LogP contribution is 2.21. The second-order valence-electron chi connectivity index (χ2n) is 5.37. The number of hydrogen-bond donors (Lipinski definition) is 1. The Labute approximate surface area is 119 Å². The Bertz CT molecular complexity index is 619. The molecule has 1 atom stereocenters. The molecule has 1 unspecified atom stereocenters. The first-order valence-corrected chi connectivity index (χ1v) is 7.02. The molecule has 20 heavy (non-hydrogen) atoms. The molecule has 102 valence electrons. The Hall–Kier alpha value is -2.16. The number of aryl methyl sites for hydroxylation is 2. The number of hydrogen-bond acceptors (Lipinski definition) is 2. The van der Waals surface area contributed by atoms with Crippen LogP contribution in [0.15, 0.2) is 42.6 Å². The number of nitrogens with zero attached hydrogens (tertiary/aromatic N) is 1. The summed E-state index contributed by atoms with van der Waals surface area (Å²) >= 11 is 0. The lowest BCUT2D eigenvalue weighted by Gasteiger charge is -2.25. The molecule has 1 aromatic heterocycles. The topological polar surface area (TPSA) is 42.0 Å². The molecule has 0 fully saturated rings. The van der Waals surface area contributed by atoms with Gasteiger partial charge in [0.15, 0.2) is 0 Å². The summed E-state index contributed by atoms with van der Waals surface area (Å²) in [7, 11) is 0. The summed E-state index contributed by atoms with van der Waals surface area (Å²) in [6.07, 6.45) is 4.60. The second kappa shape index (κ2) is 5.45. The van der Waals surface area contributed by atoms with Crippen LogP contribution in [-0.4, -0.2) is 16.9 Å². The zero-order valence-electron chi connectivity index (χ0n) is 11.6. The fourth-order valence-corrected chi connectivity index (χ4v) is 2.69. The quantitative estimate of drug-likeness (QED) is 0.908. The van der Waals surface area contributed by atoms with Crippen molar-refractivity contribution in [3.63, 3.8) is 0 Å². The van der Waals surface area contributed by atoms with Crippen LogP contribution < -0.4 is 5.32 Å². The highest BCUT2D eigenvalue weighted by Gasteiger charge is 2.20. The molecule has 1 heterocycles. The molecule has 1 amide bonds. The standard InChI is InChI=1S/C17H18N2O/c1-12-6-7-15(11-18-12)17(20)19-16-9-8-13-4-2-3-5-14(13)10-16/h2-7,11,16H,8-10H2,1H3,(H,19,20). The van der Waals surface area contributed by atoms with Crippen LogP contribution in [0.25, 0.3) is 0 Å². The first kappa shape index (κ1) is 12.9. The number of rotatable bonds is 2. The third kappa shape index (κ3) is 2.72. The molecule has 2 aromatic rings. The van der Waals surface area contributed by atoms with Crippen molar-refractivity contribution in [3.8, 4) is 0 Å². The van der Waals surface area contributed by atoms with Gasteiger partial charge in [0.2, 0.25) is 0 Å². The minimum Gasteiger partial charge on any atom is -0.349 e. The maximum absolute atomic E-state index is 12.2. The summed E-state index contributed by atoms with van der Waals surface area (Å²) < 4.78 is 0. The SMILES string of the molecule is Cc1ccc(C(=O)NC2CCc3ccccc3C2)cn1. The summed E-state index contributed by atoms with van der Waals surface area (Å²) in [5, 5.41) is 3.12. The summed E-state index contributed by atoms with van der Waals surface area (Å²) in [6.45, 7) is 1.92. The molecule has 0 radical (unpaired) electrons. The van der Waals surface area contributed by atoms with E-state index in [4.69, 9.17) is 0 Å². The van der Waals surface area contributed by atoms with Gasteiger partial charge in [-0.1, -0.05) is 24.3 Å². The van der Waals surface area contributed by atoms with E-state index in [9.17, 15) is 4.79 Å². The lowest BCUT2D eigenvalue weighted by Crippen LogP contribution is -2.38. The Morgan fingerprint density at radius 2 is 2.00 bits per heavy atom. The van der Waals surface area contributed by atoms with E-state index in [-0.39, 0.29) is 11.9 Å². The highest BCUT2D eigenvalue weighted by atomic mass is 16.1. The number of pyridine rings is 1. The molecule has 1 aromatic carbocycles. The Kier molecular flexibility index (Phi) is 3.50. The predicted molar refractivity (Wildman–Crippen MR) is 78.7 cm³/mol. The summed E-state index contributed by atoms with van der Waals surface area (Å²) in [4.78, 5) is 16.4. The highest BCUT2D eigenvalue weighted by molar-refractivity contribution is 5.94. The van der Waals surface area contributed by atoms with Crippen molar-refractivity contribution >= 4 is 5.91 Å². The van der Waals surface area contributed by atoms with Crippen molar-refractivity contribution < 1.29 is 4.79 Å². The molecule has 3 heteroatoms. The third-order valence-corrected chi connectivity index (χ3v) is 3.86. The fourth-order valence-electron chi connectivity index (χ4n) is 2.69. The van der Waals surface area contributed by atoms with Gasteiger partial charge >= 0.3 is 0 Å². The minimum absolute atomic E-state index is 0.0260. The number of amides is 1. The van der Waals surface area contributed by atoms with Crippen molar-refractivity contribution in [1.29, 1.82) is 0 Å². The maximum atomic E-state index is 12.2. The Morgan fingerprint density at radius 3 is 2.75 bits per heavy atom. The van der Waals surface area contributed by atoms with Gasteiger partial charge in [0.25, 0.3) is 5.91 Å². The van der Waals surface area contributed by atoms with Crippen LogP contribution in [-0.2, 0) is 12.8 Å². The number of fused-ring (bicyclic) bond motifs is 1. The van der Waals surface area contributed by atoms with Gasteiger partial charge in [0, 0.05) is 17.9 Å². The molecule has 1 aliphatic carbocycles. The molecule has 0 saturated heterocycles. The van der Waals surface area contributed by atoms with Crippen LogP contribution in [0.1, 0.15) is 33.6 Å². The van der Waals surface area contributed by atoms with Crippen molar-refractivity contribution in [2.24, 2.45) is 0 Å². The first-order chi connectivity index (χ1) is 9.72. The number of carbonyl (C=O) groups is 1. The van der Waals surface area contributed by atoms with Crippen molar-refractivity contribution in [3.05, 3.63) is 65.0 Å². The van der Waals surface area contributed by atoms with Gasteiger partial charge in [0.05, 0.1) is 5.56 Å². The smallest absolute Gasteiger partial charge is 0.253 e. The predicted octanol–water partition coefficient (Wildman–Crippen LogP) is 2.68. The molecule has 1 aliphatic rings. The number of aromatic nitrogens is 1. The zero-order valence-corrected chi connectivity index (χ0v) is 11.6. The fraction of sp³-hybridized carbons (Fsp3) is 0.294. The lowest BCUT2D eigenvalue weighted by molar-refractivity contribution is 0.0933. The molecule has 0 spiro atoms. The lowest BCUT2D eigenvalue weighted by atomic mass is 9.88. The number of nitrogens with one attached hydrogen (secondary N) is 1. The van der Waals surface area contributed by atoms with Gasteiger partial charge < -0.3 is 5.32 Å². The Balaban J connectivity index is 1.67. The Morgan fingerprint density at radius 1 is 1.20 bits per heavy atom. The van der Waals surface area contributed by atoms with E-state index in [1.165, 1.54) is 11.1 Å². The molecule has 3 rings (SSSR count). The largest absolute Gasteiger partial charge is 0.349 e. The molecule has 0 bridgehead atoms. The monoisotopic (exact) mass is 266 g/mol. The summed E-state index contributed by atoms with van der Waals surface area (Å²) in [6, 6.07) is 12.4. The van der Waals surface area contributed by atoms with Gasteiger partial charge in [-0.15, -0.1) is 0 Å². The number of carbonyl (C=O) groups excluding carboxylic acids is 1. The maximum Gasteiger partial charge on any atom is 0.253 e. The van der Waals surface area contributed by atoms with E-state index in [1.807, 2.05) is 19.1 Å². The number of benzene rings is 1. The van der Waals surface area contributed by atoms with Gasteiger partial charge in [-0.25, -0.2) is 0 Å². The van der Waals surface area contributed by atoms with E-state index in [1.54, 1.807) is 6.20 Å². The van der Waals surface area contributed by atoms with Crippen molar-refractivity contribution in [2.75, 3.05) is 0 Å². The van der Waals surface area contributed by atoms with Crippen LogP contribution >= 0.6 is 0 Å². The summed E-state index contributed by atoms with van der Waals surface area (Å²) in [5.41, 5.74) is 4.32. The van der Waals surface area contributed by atoms with Crippen molar-refractivity contribution in [1.82, 2.24) is 10.3 Å². The van der Waals surface area contributed by atoms with Gasteiger partial charge in [-0.3, -0.25) is 9.78 Å². The molecular weight excluding hydrogens is 248 g/mol. The van der Waals surface area contributed by atoms with Crippen LogP contribution in [0.2, 0.25) is 0 Å². The van der Waals surface area contributed by atoms with Gasteiger partial charge in [-0.05, 0) is 49.4 Å². The van der Waals surface area contributed by atoms with E-state index < -0.39 is 0 Å². The molecule has 0 aliphatic heterocycles. The molecular formula is C17H18N2O.